The molecule has 0 atom stereocenters. The van der Waals surface area contributed by atoms with Crippen molar-refractivity contribution >= 4 is 16.6 Å². The van der Waals surface area contributed by atoms with Gasteiger partial charge in [-0.25, -0.2) is 4.39 Å². The molecule has 0 N–H and O–H groups in total. The van der Waals surface area contributed by atoms with E-state index in [0.717, 1.165) is 38.6 Å². The van der Waals surface area contributed by atoms with E-state index in [4.69, 9.17) is 0 Å². The zero-order valence-corrected chi connectivity index (χ0v) is 12.9. The van der Waals surface area contributed by atoms with Crippen LogP contribution in [0.3, 0.4) is 0 Å². The molecule has 0 saturated heterocycles. The second-order valence-corrected chi connectivity index (χ2v) is 5.76. The van der Waals surface area contributed by atoms with Crippen molar-refractivity contribution in [2.75, 3.05) is 0 Å². The van der Waals surface area contributed by atoms with Crippen LogP contribution in [-0.4, -0.2) is 5.78 Å². The third-order valence-corrected chi connectivity index (χ3v) is 3.98. The minimum atomic E-state index is -0.248. The van der Waals surface area contributed by atoms with Gasteiger partial charge in [-0.1, -0.05) is 24.3 Å². The average Bonchev–Trinajstić information content (AvgIpc) is 2.46. The molecule has 0 bridgehead atoms. The Kier molecular flexibility index (Phi) is 3.53. The molecule has 0 unspecified atom stereocenters. The summed E-state index contributed by atoms with van der Waals surface area (Å²) in [5.41, 5.74) is 4.90. The highest BCUT2D eigenvalue weighted by atomic mass is 19.1. The molecular formula is C20H17FO. The molecule has 3 rings (SSSR count). The van der Waals surface area contributed by atoms with Gasteiger partial charge < -0.3 is 0 Å². The van der Waals surface area contributed by atoms with Gasteiger partial charge in [-0.15, -0.1) is 0 Å². The number of halogens is 1. The van der Waals surface area contributed by atoms with E-state index in [9.17, 15) is 9.18 Å². The van der Waals surface area contributed by atoms with Crippen LogP contribution in [0.4, 0.5) is 4.39 Å². The summed E-state index contributed by atoms with van der Waals surface area (Å²) < 4.78 is 13.1. The molecule has 0 radical (unpaired) electrons. The van der Waals surface area contributed by atoms with E-state index in [2.05, 4.69) is 12.1 Å². The third-order valence-electron chi connectivity index (χ3n) is 3.98. The van der Waals surface area contributed by atoms with Crippen molar-refractivity contribution in [3.63, 3.8) is 0 Å². The van der Waals surface area contributed by atoms with Crippen LogP contribution in [0.15, 0.2) is 48.5 Å². The predicted molar refractivity (Wildman–Crippen MR) is 88.8 cm³/mol. The van der Waals surface area contributed by atoms with Crippen LogP contribution in [0.5, 0.6) is 0 Å². The van der Waals surface area contributed by atoms with E-state index in [1.807, 2.05) is 26.0 Å². The number of hydrogen-bond donors (Lipinski definition) is 0. The van der Waals surface area contributed by atoms with Crippen LogP contribution < -0.4 is 0 Å². The molecular weight excluding hydrogens is 275 g/mol. The lowest BCUT2D eigenvalue weighted by molar-refractivity contribution is 0.101. The molecule has 0 aliphatic heterocycles. The lowest BCUT2D eigenvalue weighted by Crippen LogP contribution is -1.96. The van der Waals surface area contributed by atoms with E-state index < -0.39 is 0 Å². The molecule has 2 heteroatoms. The van der Waals surface area contributed by atoms with Gasteiger partial charge >= 0.3 is 0 Å². The van der Waals surface area contributed by atoms with Crippen molar-refractivity contribution in [3.05, 3.63) is 71.0 Å². The fourth-order valence-electron chi connectivity index (χ4n) is 2.91. The molecule has 0 spiro atoms. The highest BCUT2D eigenvalue weighted by molar-refractivity contribution is 6.08. The molecule has 22 heavy (non-hydrogen) atoms. The van der Waals surface area contributed by atoms with Crippen LogP contribution in [0.25, 0.3) is 21.9 Å². The Morgan fingerprint density at radius 1 is 0.955 bits per heavy atom. The molecule has 0 amide bonds. The van der Waals surface area contributed by atoms with Gasteiger partial charge in [0.25, 0.3) is 0 Å². The Hall–Kier alpha value is -2.48. The summed E-state index contributed by atoms with van der Waals surface area (Å²) in [5.74, 6) is -0.190. The number of carbonyl (C=O) groups is 1. The summed E-state index contributed by atoms with van der Waals surface area (Å²) in [6.45, 7) is 5.62. The quantitative estimate of drug-likeness (QED) is 0.573. The van der Waals surface area contributed by atoms with Gasteiger partial charge in [0.05, 0.1) is 0 Å². The molecule has 0 saturated carbocycles. The van der Waals surface area contributed by atoms with Crippen LogP contribution in [0, 0.1) is 19.7 Å². The van der Waals surface area contributed by atoms with E-state index in [0.29, 0.717) is 0 Å². The van der Waals surface area contributed by atoms with Gasteiger partial charge in [0.1, 0.15) is 5.82 Å². The topological polar surface area (TPSA) is 17.1 Å². The molecule has 1 nitrogen and oxygen atoms in total. The molecule has 3 aromatic carbocycles. The Labute approximate surface area is 129 Å². The van der Waals surface area contributed by atoms with Crippen molar-refractivity contribution in [1.29, 1.82) is 0 Å². The second kappa shape index (κ2) is 5.38. The SMILES string of the molecule is CC(=O)c1cc(C)cc2cc(C)c(-c3ccc(F)cc3)cc12. The van der Waals surface area contributed by atoms with Gasteiger partial charge in [0.15, 0.2) is 5.78 Å². The Balaban J connectivity index is 2.31. The zero-order chi connectivity index (χ0) is 15.9. The summed E-state index contributed by atoms with van der Waals surface area (Å²) in [6, 6.07) is 14.6. The maximum atomic E-state index is 13.1. The van der Waals surface area contributed by atoms with Crippen LogP contribution in [0.1, 0.15) is 28.4 Å². The van der Waals surface area contributed by atoms with Crippen molar-refractivity contribution in [2.24, 2.45) is 0 Å². The maximum Gasteiger partial charge on any atom is 0.160 e. The summed E-state index contributed by atoms with van der Waals surface area (Å²) >= 11 is 0. The highest BCUT2D eigenvalue weighted by Gasteiger charge is 2.11. The lowest BCUT2D eigenvalue weighted by Gasteiger charge is -2.12. The van der Waals surface area contributed by atoms with Gasteiger partial charge in [-0.2, -0.15) is 0 Å². The number of hydrogen-bond acceptors (Lipinski definition) is 1. The number of Topliss-reactive ketones (excluding diaryl/α,β-unsaturated/α-hetero) is 1. The number of rotatable bonds is 2. The number of aryl methyl sites for hydroxylation is 2. The molecule has 0 aliphatic carbocycles. The highest BCUT2D eigenvalue weighted by Crippen LogP contribution is 2.31. The normalized spacial score (nSPS) is 10.9. The van der Waals surface area contributed by atoms with Crippen molar-refractivity contribution in [2.45, 2.75) is 20.8 Å². The van der Waals surface area contributed by atoms with Crippen LogP contribution in [-0.2, 0) is 0 Å². The first-order chi connectivity index (χ1) is 10.5. The molecule has 0 heterocycles. The Bertz CT molecular complexity index is 876. The fourth-order valence-corrected chi connectivity index (χ4v) is 2.91. The number of carbonyl (C=O) groups excluding carboxylic acids is 1. The molecule has 0 aliphatic rings. The third kappa shape index (κ3) is 2.52. The van der Waals surface area contributed by atoms with E-state index in [1.165, 1.54) is 12.1 Å². The summed E-state index contributed by atoms with van der Waals surface area (Å²) in [6.07, 6.45) is 0. The Morgan fingerprint density at radius 2 is 1.64 bits per heavy atom. The molecule has 0 aromatic heterocycles. The van der Waals surface area contributed by atoms with Crippen molar-refractivity contribution < 1.29 is 9.18 Å². The minimum absolute atomic E-state index is 0.0580. The van der Waals surface area contributed by atoms with E-state index in [1.54, 1.807) is 19.1 Å². The molecule has 3 aromatic rings. The second-order valence-electron chi connectivity index (χ2n) is 5.76. The van der Waals surface area contributed by atoms with Gasteiger partial charge in [-0.3, -0.25) is 4.79 Å². The monoisotopic (exact) mass is 292 g/mol. The van der Waals surface area contributed by atoms with Gasteiger partial charge in [-0.05, 0) is 78.1 Å². The lowest BCUT2D eigenvalue weighted by atomic mass is 9.92. The van der Waals surface area contributed by atoms with Crippen molar-refractivity contribution in [3.8, 4) is 11.1 Å². The summed E-state index contributed by atoms with van der Waals surface area (Å²) in [4.78, 5) is 11.9. The van der Waals surface area contributed by atoms with E-state index in [-0.39, 0.29) is 11.6 Å². The Morgan fingerprint density at radius 3 is 2.27 bits per heavy atom. The zero-order valence-electron chi connectivity index (χ0n) is 12.9. The summed E-state index contributed by atoms with van der Waals surface area (Å²) in [5, 5.41) is 2.01. The predicted octanol–water partition coefficient (Wildman–Crippen LogP) is 5.47. The van der Waals surface area contributed by atoms with Gasteiger partial charge in [0, 0.05) is 5.56 Å². The van der Waals surface area contributed by atoms with Crippen LogP contribution in [0.2, 0.25) is 0 Å². The first kappa shape index (κ1) is 14.5. The van der Waals surface area contributed by atoms with Gasteiger partial charge in [0.2, 0.25) is 0 Å². The summed E-state index contributed by atoms with van der Waals surface area (Å²) in [7, 11) is 0. The largest absolute Gasteiger partial charge is 0.294 e. The van der Waals surface area contributed by atoms with E-state index >= 15 is 0 Å². The smallest absolute Gasteiger partial charge is 0.160 e. The molecule has 0 fully saturated rings. The fraction of sp³-hybridized carbons (Fsp3) is 0.150. The first-order valence-corrected chi connectivity index (χ1v) is 7.27. The number of fused-ring (bicyclic) bond motifs is 1. The van der Waals surface area contributed by atoms with Crippen LogP contribution >= 0.6 is 0 Å². The molecule has 110 valence electrons. The van der Waals surface area contributed by atoms with Crippen molar-refractivity contribution in [1.82, 2.24) is 0 Å². The average molecular weight is 292 g/mol. The maximum absolute atomic E-state index is 13.1. The number of ketones is 1. The standard InChI is InChI=1S/C20H17FO/c1-12-8-16-10-13(2)18(15-4-6-17(21)7-5-15)11-20(16)19(9-12)14(3)22/h4-11H,1-3H3. The first-order valence-electron chi connectivity index (χ1n) is 7.27. The minimum Gasteiger partial charge on any atom is -0.294 e. The number of benzene rings is 3.